The van der Waals surface area contributed by atoms with Crippen molar-refractivity contribution in [2.45, 2.75) is 21.9 Å². The number of alkyl halides is 4. The summed E-state index contributed by atoms with van der Waals surface area (Å²) in [6.07, 6.45) is 0. The molecule has 0 aliphatic heterocycles. The van der Waals surface area contributed by atoms with Crippen LogP contribution >= 0.6 is 55.1 Å². The van der Waals surface area contributed by atoms with Gasteiger partial charge in [0.1, 0.15) is 0 Å². The molecule has 0 aromatic heterocycles. The van der Waals surface area contributed by atoms with Crippen LogP contribution in [0.15, 0.2) is 0 Å². The van der Waals surface area contributed by atoms with Gasteiger partial charge >= 0.3 is 0 Å². The molecule has 1 aliphatic carbocycles. The first-order chi connectivity index (χ1) is 6.10. The second-order valence-electron chi connectivity index (χ2n) is 4.17. The smallest absolute Gasteiger partial charge is 0.221 e. The Kier molecular flexibility index (Phi) is 3.54. The van der Waals surface area contributed by atoms with Gasteiger partial charge in [-0.25, -0.2) is 0 Å². The van der Waals surface area contributed by atoms with E-state index in [-0.39, 0.29) is 28.0 Å². The molecule has 14 heavy (non-hydrogen) atoms. The molecule has 0 spiro atoms. The minimum atomic E-state index is -1.07. The quantitative estimate of drug-likeness (QED) is 0.765. The zero-order valence-corrected chi connectivity index (χ0v) is 12.4. The Bertz CT molecular complexity index is 265. The number of nitrogens with two attached hydrogens (primary N) is 1. The molecule has 2 nitrogen and oxygen atoms in total. The first kappa shape index (κ1) is 13.1. The fraction of sp³-hybridized carbons (Fsp3) is 0.875. The lowest BCUT2D eigenvalue weighted by Crippen LogP contribution is -2.24. The van der Waals surface area contributed by atoms with Crippen LogP contribution in [-0.2, 0) is 4.79 Å². The number of halogens is 4. The molecule has 3 atom stereocenters. The molecule has 1 rings (SSSR count). The summed E-state index contributed by atoms with van der Waals surface area (Å²) in [5.41, 5.74) is 5.15. The van der Waals surface area contributed by atoms with E-state index in [4.69, 9.17) is 28.9 Å². The summed E-state index contributed by atoms with van der Waals surface area (Å²) in [6, 6.07) is 0. The van der Waals surface area contributed by atoms with Crippen LogP contribution in [0.3, 0.4) is 0 Å². The predicted molar refractivity (Wildman–Crippen MR) is 66.0 cm³/mol. The van der Waals surface area contributed by atoms with E-state index < -0.39 is 3.24 Å². The molecule has 0 heterocycles. The molecule has 0 aromatic carbocycles. The van der Waals surface area contributed by atoms with Crippen LogP contribution < -0.4 is 5.73 Å². The van der Waals surface area contributed by atoms with Crippen molar-refractivity contribution < 1.29 is 4.79 Å². The third kappa shape index (κ3) is 2.23. The van der Waals surface area contributed by atoms with Crippen LogP contribution in [0.1, 0.15) is 13.8 Å². The monoisotopic (exact) mass is 365 g/mol. The van der Waals surface area contributed by atoms with Gasteiger partial charge in [0.25, 0.3) is 0 Å². The van der Waals surface area contributed by atoms with Gasteiger partial charge in [-0.15, -0.1) is 0 Å². The Morgan fingerprint density at radius 2 is 2.00 bits per heavy atom. The molecule has 82 valence electrons. The van der Waals surface area contributed by atoms with Crippen molar-refractivity contribution in [1.29, 1.82) is 0 Å². The van der Waals surface area contributed by atoms with E-state index in [1.54, 1.807) is 0 Å². The van der Waals surface area contributed by atoms with Gasteiger partial charge < -0.3 is 5.73 Å². The van der Waals surface area contributed by atoms with Crippen LogP contribution in [-0.4, -0.2) is 14.0 Å². The summed E-state index contributed by atoms with van der Waals surface area (Å²) in [6.45, 7) is 3.96. The zero-order chi connectivity index (χ0) is 11.3. The second kappa shape index (κ2) is 3.79. The molecule has 1 amide bonds. The summed E-state index contributed by atoms with van der Waals surface area (Å²) in [4.78, 5) is 10.9. The highest BCUT2D eigenvalue weighted by molar-refractivity contribution is 9.13. The van der Waals surface area contributed by atoms with Crippen LogP contribution in [0.4, 0.5) is 0 Å². The van der Waals surface area contributed by atoms with Gasteiger partial charge in [0.15, 0.2) is 3.24 Å². The van der Waals surface area contributed by atoms with Crippen molar-refractivity contribution in [2.75, 3.05) is 0 Å². The maximum absolute atomic E-state index is 11.1. The van der Waals surface area contributed by atoms with E-state index in [1.807, 2.05) is 13.8 Å². The van der Waals surface area contributed by atoms with Crippen molar-refractivity contribution in [3.8, 4) is 0 Å². The lowest BCUT2D eigenvalue weighted by Gasteiger charge is -2.19. The van der Waals surface area contributed by atoms with E-state index in [0.29, 0.717) is 0 Å². The Labute approximate surface area is 110 Å². The molecule has 0 aromatic rings. The summed E-state index contributed by atoms with van der Waals surface area (Å²) in [5.74, 6) is -0.398. The van der Waals surface area contributed by atoms with Gasteiger partial charge in [0.05, 0.1) is 4.83 Å². The van der Waals surface area contributed by atoms with E-state index in [1.165, 1.54) is 0 Å². The second-order valence-corrected chi connectivity index (χ2v) is 8.71. The SMILES string of the molecule is CC1(C)C(C(N)=O)C1C(Br)C(Cl)(Cl)Br. The van der Waals surface area contributed by atoms with Gasteiger partial charge in [0.2, 0.25) is 5.91 Å². The van der Waals surface area contributed by atoms with Gasteiger partial charge in [-0.1, -0.05) is 53.0 Å². The number of rotatable bonds is 3. The van der Waals surface area contributed by atoms with E-state index >= 15 is 0 Å². The number of carbonyl (C=O) groups excluding carboxylic acids is 1. The van der Waals surface area contributed by atoms with E-state index in [2.05, 4.69) is 31.9 Å². The summed E-state index contributed by atoms with van der Waals surface area (Å²) in [7, 11) is 0. The molecule has 0 bridgehead atoms. The van der Waals surface area contributed by atoms with Crippen molar-refractivity contribution in [3.05, 3.63) is 0 Å². The lowest BCUT2D eigenvalue weighted by molar-refractivity contribution is -0.120. The van der Waals surface area contributed by atoms with Gasteiger partial charge in [-0.3, -0.25) is 4.79 Å². The highest BCUT2D eigenvalue weighted by atomic mass is 79.9. The normalized spacial score (nSPS) is 32.4. The molecule has 6 heteroatoms. The fourth-order valence-electron chi connectivity index (χ4n) is 1.97. The molecule has 0 saturated heterocycles. The Morgan fingerprint density at radius 3 is 2.21 bits per heavy atom. The Morgan fingerprint density at radius 1 is 1.57 bits per heavy atom. The largest absolute Gasteiger partial charge is 0.369 e. The summed E-state index contributed by atoms with van der Waals surface area (Å²) < 4.78 is -1.07. The first-order valence-electron chi connectivity index (χ1n) is 4.10. The Balaban J connectivity index is 2.79. The van der Waals surface area contributed by atoms with Gasteiger partial charge in [-0.05, 0) is 27.3 Å². The van der Waals surface area contributed by atoms with Crippen LogP contribution in [0.5, 0.6) is 0 Å². The molecule has 3 unspecified atom stereocenters. The zero-order valence-electron chi connectivity index (χ0n) is 7.73. The summed E-state index contributed by atoms with van der Waals surface area (Å²) in [5, 5.41) is 0. The minimum Gasteiger partial charge on any atom is -0.369 e. The predicted octanol–water partition coefficient (Wildman–Crippen LogP) is 3.03. The number of hydrogen-bond donors (Lipinski definition) is 1. The average Bonchev–Trinajstić information content (AvgIpc) is 2.49. The molecule has 0 radical (unpaired) electrons. The van der Waals surface area contributed by atoms with Gasteiger partial charge in [-0.2, -0.15) is 0 Å². The topological polar surface area (TPSA) is 43.1 Å². The molecule has 1 fully saturated rings. The van der Waals surface area contributed by atoms with Crippen molar-refractivity contribution in [3.63, 3.8) is 0 Å². The van der Waals surface area contributed by atoms with E-state index in [9.17, 15) is 4.79 Å². The fourth-order valence-corrected chi connectivity index (χ4v) is 3.51. The maximum Gasteiger partial charge on any atom is 0.221 e. The highest BCUT2D eigenvalue weighted by Crippen LogP contribution is 2.64. The standard InChI is InChI=1S/C8H11Br2Cl2NO/c1-7(2)3(4(7)6(13)14)5(9)8(10,11)12/h3-5H,1-2H3,(H2,13,14). The Hall–Kier alpha value is 1.01. The van der Waals surface area contributed by atoms with Crippen LogP contribution in [0, 0.1) is 17.3 Å². The summed E-state index contributed by atoms with van der Waals surface area (Å²) >= 11 is 18.3. The molecule has 1 aliphatic rings. The molecule has 1 saturated carbocycles. The minimum absolute atomic E-state index is 0.0642. The molecular formula is C8H11Br2Cl2NO. The van der Waals surface area contributed by atoms with Crippen LogP contribution in [0.25, 0.3) is 0 Å². The average molecular weight is 368 g/mol. The van der Waals surface area contributed by atoms with Crippen molar-refractivity contribution in [2.24, 2.45) is 23.0 Å². The van der Waals surface area contributed by atoms with Gasteiger partial charge in [0, 0.05) is 5.92 Å². The maximum atomic E-state index is 11.1. The number of hydrogen-bond acceptors (Lipinski definition) is 1. The third-order valence-corrected chi connectivity index (χ3v) is 6.21. The number of primary amides is 1. The molecule has 2 N–H and O–H groups in total. The molecular weight excluding hydrogens is 357 g/mol. The number of carbonyl (C=O) groups is 1. The first-order valence-corrected chi connectivity index (χ1v) is 6.56. The third-order valence-electron chi connectivity index (χ3n) is 2.85. The van der Waals surface area contributed by atoms with E-state index in [0.717, 1.165) is 0 Å². The lowest BCUT2D eigenvalue weighted by atomic mass is 10.1. The van der Waals surface area contributed by atoms with Crippen molar-refractivity contribution >= 4 is 61.0 Å². The number of amides is 1. The van der Waals surface area contributed by atoms with Crippen molar-refractivity contribution in [1.82, 2.24) is 0 Å². The highest BCUT2D eigenvalue weighted by Gasteiger charge is 2.66. The van der Waals surface area contributed by atoms with Crippen LogP contribution in [0.2, 0.25) is 0 Å².